The van der Waals surface area contributed by atoms with Gasteiger partial charge in [0.1, 0.15) is 5.82 Å². The number of hydrogen-bond donors (Lipinski definition) is 1. The van der Waals surface area contributed by atoms with Gasteiger partial charge in [-0.25, -0.2) is 12.8 Å². The van der Waals surface area contributed by atoms with Gasteiger partial charge in [-0.2, -0.15) is 4.31 Å². The van der Waals surface area contributed by atoms with Crippen LogP contribution in [0.5, 0.6) is 0 Å². The molecule has 1 amide bonds. The van der Waals surface area contributed by atoms with Crippen LogP contribution in [-0.4, -0.2) is 44.8 Å². The number of nitrogens with zero attached hydrogens (tertiary/aromatic N) is 2. The third kappa shape index (κ3) is 3.06. The SMILES string of the molecule is O=C1Cc2cc(S(=O)(=O)N3CCN(c4cccc(F)c4)CC3)ccc2N1. The highest BCUT2D eigenvalue weighted by Gasteiger charge is 2.30. The van der Waals surface area contributed by atoms with Gasteiger partial charge in [0.05, 0.1) is 11.3 Å². The van der Waals surface area contributed by atoms with Crippen molar-refractivity contribution >= 4 is 27.3 Å². The molecule has 0 spiro atoms. The van der Waals surface area contributed by atoms with Crippen LogP contribution in [0.4, 0.5) is 15.8 Å². The van der Waals surface area contributed by atoms with Gasteiger partial charge in [0, 0.05) is 37.6 Å². The van der Waals surface area contributed by atoms with Crippen molar-refractivity contribution in [2.24, 2.45) is 0 Å². The van der Waals surface area contributed by atoms with Crippen molar-refractivity contribution in [3.63, 3.8) is 0 Å². The fourth-order valence-corrected chi connectivity index (χ4v) is 4.85. The molecule has 4 rings (SSSR count). The molecule has 0 unspecified atom stereocenters. The molecule has 2 aliphatic rings. The van der Waals surface area contributed by atoms with Crippen LogP contribution >= 0.6 is 0 Å². The molecule has 2 heterocycles. The van der Waals surface area contributed by atoms with Crippen LogP contribution in [-0.2, 0) is 21.2 Å². The van der Waals surface area contributed by atoms with Crippen LogP contribution in [0.15, 0.2) is 47.4 Å². The zero-order chi connectivity index (χ0) is 18.3. The molecule has 0 aliphatic carbocycles. The van der Waals surface area contributed by atoms with Crippen LogP contribution in [0.25, 0.3) is 0 Å². The minimum absolute atomic E-state index is 0.127. The number of carbonyl (C=O) groups is 1. The van der Waals surface area contributed by atoms with Gasteiger partial charge in [-0.1, -0.05) is 6.07 Å². The first-order chi connectivity index (χ1) is 12.4. The smallest absolute Gasteiger partial charge is 0.243 e. The van der Waals surface area contributed by atoms with E-state index in [4.69, 9.17) is 0 Å². The second-order valence-corrected chi connectivity index (χ2v) is 8.35. The second-order valence-electron chi connectivity index (χ2n) is 6.41. The Balaban J connectivity index is 1.50. The monoisotopic (exact) mass is 375 g/mol. The Kier molecular flexibility index (Phi) is 4.16. The first kappa shape index (κ1) is 17.0. The molecule has 1 N–H and O–H groups in total. The third-order valence-electron chi connectivity index (χ3n) is 4.75. The molecule has 2 aromatic carbocycles. The molecule has 0 aromatic heterocycles. The number of anilines is 2. The molecule has 0 atom stereocenters. The summed E-state index contributed by atoms with van der Waals surface area (Å²) in [5.41, 5.74) is 2.13. The van der Waals surface area contributed by atoms with Gasteiger partial charge in [0.2, 0.25) is 15.9 Å². The molecule has 1 saturated heterocycles. The number of hydrogen-bond acceptors (Lipinski definition) is 4. The number of piperazine rings is 1. The normalized spacial score (nSPS) is 17.9. The first-order valence-electron chi connectivity index (χ1n) is 8.37. The largest absolute Gasteiger partial charge is 0.369 e. The molecule has 0 bridgehead atoms. The molecule has 2 aliphatic heterocycles. The lowest BCUT2D eigenvalue weighted by Crippen LogP contribution is -2.48. The van der Waals surface area contributed by atoms with E-state index in [1.54, 1.807) is 18.2 Å². The van der Waals surface area contributed by atoms with Gasteiger partial charge in [-0.3, -0.25) is 4.79 Å². The van der Waals surface area contributed by atoms with E-state index in [2.05, 4.69) is 5.32 Å². The van der Waals surface area contributed by atoms with Gasteiger partial charge in [0.15, 0.2) is 0 Å². The van der Waals surface area contributed by atoms with Crippen molar-refractivity contribution in [3.8, 4) is 0 Å². The minimum Gasteiger partial charge on any atom is -0.369 e. The van der Waals surface area contributed by atoms with Gasteiger partial charge in [-0.15, -0.1) is 0 Å². The van der Waals surface area contributed by atoms with Crippen molar-refractivity contribution in [2.45, 2.75) is 11.3 Å². The summed E-state index contributed by atoms with van der Waals surface area (Å²) in [7, 11) is -3.62. The van der Waals surface area contributed by atoms with Gasteiger partial charge in [0.25, 0.3) is 0 Å². The van der Waals surface area contributed by atoms with E-state index >= 15 is 0 Å². The summed E-state index contributed by atoms with van der Waals surface area (Å²) in [6.07, 6.45) is 0.200. The van der Waals surface area contributed by atoms with Crippen LogP contribution < -0.4 is 10.2 Å². The lowest BCUT2D eigenvalue weighted by Gasteiger charge is -2.35. The van der Waals surface area contributed by atoms with Crippen molar-refractivity contribution in [2.75, 3.05) is 36.4 Å². The Hall–Kier alpha value is -2.45. The summed E-state index contributed by atoms with van der Waals surface area (Å²) in [6.45, 7) is 1.64. The maximum Gasteiger partial charge on any atom is 0.243 e. The van der Waals surface area contributed by atoms with E-state index in [1.165, 1.54) is 22.5 Å². The summed E-state index contributed by atoms with van der Waals surface area (Å²) < 4.78 is 40.6. The van der Waals surface area contributed by atoms with Gasteiger partial charge in [-0.05, 0) is 42.0 Å². The van der Waals surface area contributed by atoms with Gasteiger partial charge < -0.3 is 10.2 Å². The highest BCUT2D eigenvalue weighted by atomic mass is 32.2. The molecule has 1 fully saturated rings. The second kappa shape index (κ2) is 6.37. The van der Waals surface area contributed by atoms with Crippen LogP contribution in [0, 0.1) is 5.82 Å². The number of benzene rings is 2. The Morgan fingerprint density at radius 1 is 1.00 bits per heavy atom. The number of rotatable bonds is 3. The minimum atomic E-state index is -3.62. The number of carbonyl (C=O) groups excluding carboxylic acids is 1. The Bertz CT molecular complexity index is 969. The van der Waals surface area contributed by atoms with E-state index in [9.17, 15) is 17.6 Å². The molecule has 6 nitrogen and oxygen atoms in total. The van der Waals surface area contributed by atoms with Crippen molar-refractivity contribution < 1.29 is 17.6 Å². The lowest BCUT2D eigenvalue weighted by molar-refractivity contribution is -0.115. The lowest BCUT2D eigenvalue weighted by atomic mass is 10.2. The van der Waals surface area contributed by atoms with E-state index in [0.717, 1.165) is 5.69 Å². The topological polar surface area (TPSA) is 69.7 Å². The molecule has 8 heteroatoms. The van der Waals surface area contributed by atoms with Crippen molar-refractivity contribution in [1.29, 1.82) is 0 Å². The average molecular weight is 375 g/mol. The third-order valence-corrected chi connectivity index (χ3v) is 6.65. The van der Waals surface area contributed by atoms with Crippen molar-refractivity contribution in [1.82, 2.24) is 4.31 Å². The first-order valence-corrected chi connectivity index (χ1v) is 9.81. The van der Waals surface area contributed by atoms with Crippen molar-refractivity contribution in [3.05, 3.63) is 53.8 Å². The quantitative estimate of drug-likeness (QED) is 0.889. The fourth-order valence-electron chi connectivity index (χ4n) is 3.37. The van der Waals surface area contributed by atoms with E-state index in [1.807, 2.05) is 11.0 Å². The summed E-state index contributed by atoms with van der Waals surface area (Å²) in [5, 5.41) is 2.70. The molecule has 136 valence electrons. The fraction of sp³-hybridized carbons (Fsp3) is 0.278. The molecule has 2 aromatic rings. The standard InChI is InChI=1S/C18H18FN3O3S/c19-14-2-1-3-15(12-14)21-6-8-22(9-7-21)26(24,25)16-4-5-17-13(10-16)11-18(23)20-17/h1-5,10,12H,6-9,11H2,(H,20,23). The summed E-state index contributed by atoms with van der Waals surface area (Å²) in [5.74, 6) is -0.433. The van der Waals surface area contributed by atoms with E-state index < -0.39 is 10.0 Å². The number of nitrogens with one attached hydrogen (secondary N) is 1. The van der Waals surface area contributed by atoms with E-state index in [0.29, 0.717) is 37.4 Å². The Morgan fingerprint density at radius 3 is 2.50 bits per heavy atom. The highest BCUT2D eigenvalue weighted by Crippen LogP contribution is 2.28. The number of sulfonamides is 1. The van der Waals surface area contributed by atoms with E-state index in [-0.39, 0.29) is 23.0 Å². The molecular weight excluding hydrogens is 357 g/mol. The van der Waals surface area contributed by atoms with Crippen LogP contribution in [0.1, 0.15) is 5.56 Å². The van der Waals surface area contributed by atoms with Crippen LogP contribution in [0.2, 0.25) is 0 Å². The molecular formula is C18H18FN3O3S. The Morgan fingerprint density at radius 2 is 1.77 bits per heavy atom. The maximum absolute atomic E-state index is 13.4. The highest BCUT2D eigenvalue weighted by molar-refractivity contribution is 7.89. The number of halogens is 1. The Labute approximate surface area is 151 Å². The average Bonchev–Trinajstić information content (AvgIpc) is 3.01. The summed E-state index contributed by atoms with van der Waals surface area (Å²) >= 11 is 0. The predicted molar refractivity (Wildman–Crippen MR) is 96.1 cm³/mol. The molecule has 26 heavy (non-hydrogen) atoms. The zero-order valence-corrected chi connectivity index (χ0v) is 14.8. The maximum atomic E-state index is 13.4. The molecule has 0 saturated carbocycles. The predicted octanol–water partition coefficient (Wildman–Crippen LogP) is 1.83. The van der Waals surface area contributed by atoms with Crippen LogP contribution in [0.3, 0.4) is 0 Å². The molecule has 0 radical (unpaired) electrons. The number of fused-ring (bicyclic) bond motifs is 1. The zero-order valence-electron chi connectivity index (χ0n) is 14.0. The number of amides is 1. The summed E-state index contributed by atoms with van der Waals surface area (Å²) in [6, 6.07) is 11.0. The summed E-state index contributed by atoms with van der Waals surface area (Å²) in [4.78, 5) is 13.6. The van der Waals surface area contributed by atoms with Gasteiger partial charge >= 0.3 is 0 Å².